The maximum Gasteiger partial charge on any atom is 0.226 e. The fourth-order valence-electron chi connectivity index (χ4n) is 3.64. The van der Waals surface area contributed by atoms with Gasteiger partial charge in [0.1, 0.15) is 11.6 Å². The number of nitrogens with zero attached hydrogens (tertiary/aromatic N) is 4. The quantitative estimate of drug-likeness (QED) is 0.708. The van der Waals surface area contributed by atoms with E-state index in [4.69, 9.17) is 9.72 Å². The van der Waals surface area contributed by atoms with Gasteiger partial charge in [-0.05, 0) is 31.0 Å². The van der Waals surface area contributed by atoms with Gasteiger partial charge in [0.25, 0.3) is 0 Å². The second-order valence-corrected chi connectivity index (χ2v) is 7.14. The molecule has 8 heteroatoms. The Hall–Kier alpha value is -2.58. The number of aliphatic hydroxyl groups excluding tert-OH is 1. The van der Waals surface area contributed by atoms with Crippen LogP contribution in [0, 0.1) is 0 Å². The topological polar surface area (TPSA) is 85.8 Å². The maximum absolute atomic E-state index is 9.57. The standard InChI is InChI=1S/C19H26N6O2/c1-12(26)10-20-19-21-17-16-15(23-24(17)2)8-9-25(18(16)22-19)11-13-4-6-14(27-3)7-5-13/h4-7,12,15,23,26H,8-11H2,1-3H3,(H,20,21,22). The molecule has 1 aromatic heterocycles. The minimum Gasteiger partial charge on any atom is -0.497 e. The van der Waals surface area contributed by atoms with Gasteiger partial charge in [-0.1, -0.05) is 12.1 Å². The van der Waals surface area contributed by atoms with Crippen molar-refractivity contribution in [2.75, 3.05) is 42.5 Å². The number of rotatable bonds is 6. The van der Waals surface area contributed by atoms with Crippen molar-refractivity contribution in [2.45, 2.75) is 32.0 Å². The summed E-state index contributed by atoms with van der Waals surface area (Å²) >= 11 is 0. The van der Waals surface area contributed by atoms with Crippen LogP contribution in [0.25, 0.3) is 0 Å². The molecule has 2 aliphatic heterocycles. The molecule has 3 heterocycles. The Balaban J connectivity index is 1.65. The average Bonchev–Trinajstić information content (AvgIpc) is 2.99. The Kier molecular flexibility index (Phi) is 4.75. The van der Waals surface area contributed by atoms with Crippen LogP contribution in [0.15, 0.2) is 24.3 Å². The van der Waals surface area contributed by atoms with E-state index in [1.807, 2.05) is 24.2 Å². The minimum absolute atomic E-state index is 0.248. The molecule has 2 atom stereocenters. The zero-order valence-electron chi connectivity index (χ0n) is 15.9. The lowest BCUT2D eigenvalue weighted by Crippen LogP contribution is -2.36. The van der Waals surface area contributed by atoms with Crippen LogP contribution in [0.5, 0.6) is 5.75 Å². The summed E-state index contributed by atoms with van der Waals surface area (Å²) in [5.41, 5.74) is 5.82. The average molecular weight is 370 g/mol. The Morgan fingerprint density at radius 1 is 1.30 bits per heavy atom. The molecule has 2 aromatic rings. The Labute approximate surface area is 159 Å². The number of aliphatic hydroxyl groups is 1. The highest BCUT2D eigenvalue weighted by Gasteiger charge is 2.37. The van der Waals surface area contributed by atoms with E-state index in [-0.39, 0.29) is 6.04 Å². The zero-order valence-corrected chi connectivity index (χ0v) is 15.9. The van der Waals surface area contributed by atoms with E-state index in [1.54, 1.807) is 14.0 Å². The van der Waals surface area contributed by atoms with Gasteiger partial charge in [0.15, 0.2) is 5.82 Å². The molecule has 27 heavy (non-hydrogen) atoms. The zero-order chi connectivity index (χ0) is 19.0. The molecular formula is C19H26N6O2. The number of anilines is 3. The van der Waals surface area contributed by atoms with E-state index < -0.39 is 6.10 Å². The molecule has 2 unspecified atom stereocenters. The second kappa shape index (κ2) is 7.21. The van der Waals surface area contributed by atoms with E-state index in [9.17, 15) is 5.11 Å². The number of hydrogen-bond acceptors (Lipinski definition) is 8. The summed E-state index contributed by atoms with van der Waals surface area (Å²) in [6.45, 7) is 3.85. The molecule has 0 saturated heterocycles. The van der Waals surface area contributed by atoms with Crippen molar-refractivity contribution in [1.82, 2.24) is 15.4 Å². The fourth-order valence-corrected chi connectivity index (χ4v) is 3.64. The maximum atomic E-state index is 9.57. The number of hydrazine groups is 1. The van der Waals surface area contributed by atoms with Gasteiger partial charge in [-0.3, -0.25) is 5.01 Å². The molecule has 2 aliphatic rings. The van der Waals surface area contributed by atoms with Crippen molar-refractivity contribution < 1.29 is 9.84 Å². The lowest BCUT2D eigenvalue weighted by Gasteiger charge is -2.32. The van der Waals surface area contributed by atoms with Crippen LogP contribution in [-0.2, 0) is 6.54 Å². The van der Waals surface area contributed by atoms with Gasteiger partial charge < -0.3 is 20.1 Å². The van der Waals surface area contributed by atoms with Crippen LogP contribution in [0.1, 0.15) is 30.5 Å². The summed E-state index contributed by atoms with van der Waals surface area (Å²) in [4.78, 5) is 11.7. The molecule has 0 fully saturated rings. The molecule has 3 N–H and O–H groups in total. The third-order valence-corrected chi connectivity index (χ3v) is 5.00. The number of methoxy groups -OCH3 is 1. The van der Waals surface area contributed by atoms with Gasteiger partial charge in [0, 0.05) is 26.7 Å². The second-order valence-electron chi connectivity index (χ2n) is 7.14. The van der Waals surface area contributed by atoms with Crippen molar-refractivity contribution in [2.24, 2.45) is 0 Å². The highest BCUT2D eigenvalue weighted by atomic mass is 16.5. The van der Waals surface area contributed by atoms with E-state index in [0.29, 0.717) is 12.5 Å². The molecule has 144 valence electrons. The van der Waals surface area contributed by atoms with Crippen molar-refractivity contribution >= 4 is 17.6 Å². The number of benzene rings is 1. The summed E-state index contributed by atoms with van der Waals surface area (Å²) in [6.07, 6.45) is 0.543. The molecule has 0 amide bonds. The first-order valence-electron chi connectivity index (χ1n) is 9.27. The molecule has 0 radical (unpaired) electrons. The van der Waals surface area contributed by atoms with Gasteiger partial charge in [-0.15, -0.1) is 0 Å². The Morgan fingerprint density at radius 3 is 2.74 bits per heavy atom. The highest BCUT2D eigenvalue weighted by molar-refractivity contribution is 5.68. The third-order valence-electron chi connectivity index (χ3n) is 5.00. The molecule has 1 aromatic carbocycles. The van der Waals surface area contributed by atoms with Crippen LogP contribution in [0.2, 0.25) is 0 Å². The SMILES string of the molecule is COc1ccc(CN2CCC3NN(C)c4nc(NCC(C)O)nc2c43)cc1. The van der Waals surface area contributed by atoms with E-state index in [2.05, 4.69) is 32.8 Å². The molecule has 0 spiro atoms. The highest BCUT2D eigenvalue weighted by Crippen LogP contribution is 2.43. The Morgan fingerprint density at radius 2 is 2.04 bits per heavy atom. The van der Waals surface area contributed by atoms with Crippen LogP contribution in [0.4, 0.5) is 17.6 Å². The Bertz CT molecular complexity index is 811. The van der Waals surface area contributed by atoms with Crippen LogP contribution in [0.3, 0.4) is 0 Å². The van der Waals surface area contributed by atoms with Crippen molar-refractivity contribution in [3.8, 4) is 5.75 Å². The van der Waals surface area contributed by atoms with Crippen molar-refractivity contribution in [1.29, 1.82) is 0 Å². The molecule has 0 bridgehead atoms. The largest absolute Gasteiger partial charge is 0.497 e. The predicted molar refractivity (Wildman–Crippen MR) is 105 cm³/mol. The molecule has 4 rings (SSSR count). The van der Waals surface area contributed by atoms with Crippen molar-refractivity contribution in [3.05, 3.63) is 35.4 Å². The first-order valence-corrected chi connectivity index (χ1v) is 9.27. The summed E-state index contributed by atoms with van der Waals surface area (Å²) in [5.74, 6) is 3.26. The van der Waals surface area contributed by atoms with Crippen molar-refractivity contribution in [3.63, 3.8) is 0 Å². The normalized spacial score (nSPS) is 19.0. The van der Waals surface area contributed by atoms with Crippen LogP contribution < -0.4 is 25.4 Å². The third kappa shape index (κ3) is 3.50. The first-order chi connectivity index (χ1) is 13.0. The van der Waals surface area contributed by atoms with Crippen LogP contribution in [-0.4, -0.2) is 48.4 Å². The molecule has 0 aliphatic carbocycles. The fraction of sp³-hybridized carbons (Fsp3) is 0.474. The number of nitrogens with one attached hydrogen (secondary N) is 2. The summed E-state index contributed by atoms with van der Waals surface area (Å²) in [5, 5.41) is 14.7. The smallest absolute Gasteiger partial charge is 0.226 e. The lowest BCUT2D eigenvalue weighted by molar-refractivity contribution is 0.208. The van der Waals surface area contributed by atoms with Gasteiger partial charge >= 0.3 is 0 Å². The van der Waals surface area contributed by atoms with E-state index in [1.165, 1.54) is 5.56 Å². The number of aromatic nitrogens is 2. The number of ether oxygens (including phenoxy) is 1. The predicted octanol–water partition coefficient (Wildman–Crippen LogP) is 1.68. The molecule has 8 nitrogen and oxygen atoms in total. The van der Waals surface area contributed by atoms with Crippen LogP contribution >= 0.6 is 0 Å². The monoisotopic (exact) mass is 370 g/mol. The summed E-state index contributed by atoms with van der Waals surface area (Å²) in [6, 6.07) is 8.39. The molecular weight excluding hydrogens is 344 g/mol. The molecule has 0 saturated carbocycles. The van der Waals surface area contributed by atoms with E-state index in [0.717, 1.165) is 42.5 Å². The van der Waals surface area contributed by atoms with E-state index >= 15 is 0 Å². The first kappa shape index (κ1) is 17.8. The van der Waals surface area contributed by atoms with Gasteiger partial charge in [-0.25, -0.2) is 5.43 Å². The number of hydrogen-bond donors (Lipinski definition) is 3. The lowest BCUT2D eigenvalue weighted by atomic mass is 10.0. The minimum atomic E-state index is -0.461. The summed E-state index contributed by atoms with van der Waals surface area (Å²) < 4.78 is 5.25. The summed E-state index contributed by atoms with van der Waals surface area (Å²) in [7, 11) is 3.66. The van der Waals surface area contributed by atoms with Gasteiger partial charge in [0.2, 0.25) is 5.95 Å². The van der Waals surface area contributed by atoms with Gasteiger partial charge in [-0.2, -0.15) is 9.97 Å². The van der Waals surface area contributed by atoms with Gasteiger partial charge in [0.05, 0.1) is 24.8 Å².